The molecule has 114 valence electrons. The zero-order valence-corrected chi connectivity index (χ0v) is 12.7. The average molecular weight is 298 g/mol. The molecule has 0 aromatic carbocycles. The quantitative estimate of drug-likeness (QED) is 0.864. The summed E-state index contributed by atoms with van der Waals surface area (Å²) in [5.74, 6) is -0.0620. The maximum absolute atomic E-state index is 12.3. The van der Waals surface area contributed by atoms with Crippen molar-refractivity contribution in [2.24, 2.45) is 0 Å². The van der Waals surface area contributed by atoms with Gasteiger partial charge in [0, 0.05) is 30.6 Å². The van der Waals surface area contributed by atoms with Gasteiger partial charge in [0.05, 0.1) is 6.54 Å². The van der Waals surface area contributed by atoms with E-state index in [1.165, 1.54) is 0 Å². The number of aromatic nitrogens is 3. The number of hydrogen-bond donors (Lipinski definition) is 0. The number of rotatable bonds is 3. The first-order chi connectivity index (χ1) is 10.6. The molecule has 0 bridgehead atoms. The van der Waals surface area contributed by atoms with Crippen LogP contribution in [-0.2, 0) is 0 Å². The van der Waals surface area contributed by atoms with E-state index >= 15 is 0 Å². The minimum Gasteiger partial charge on any atom is -0.458 e. The van der Waals surface area contributed by atoms with Crippen molar-refractivity contribution < 1.29 is 9.53 Å². The summed E-state index contributed by atoms with van der Waals surface area (Å²) in [5.41, 5.74) is 2.22. The molecule has 1 fully saturated rings. The molecule has 22 heavy (non-hydrogen) atoms. The van der Waals surface area contributed by atoms with Gasteiger partial charge >= 0.3 is 6.01 Å². The van der Waals surface area contributed by atoms with Gasteiger partial charge in [-0.15, -0.1) is 0 Å². The molecule has 1 aliphatic heterocycles. The molecule has 1 saturated heterocycles. The lowest BCUT2D eigenvalue weighted by atomic mass is 10.3. The van der Waals surface area contributed by atoms with E-state index in [0.29, 0.717) is 24.8 Å². The summed E-state index contributed by atoms with van der Waals surface area (Å²) in [6.45, 7) is 5.01. The van der Waals surface area contributed by atoms with Crippen LogP contribution in [0.5, 0.6) is 6.01 Å². The number of hydrogen-bond acceptors (Lipinski definition) is 5. The van der Waals surface area contributed by atoms with Crippen molar-refractivity contribution in [3.8, 4) is 6.01 Å². The minimum atomic E-state index is -0.0751. The summed E-state index contributed by atoms with van der Waals surface area (Å²) >= 11 is 0. The van der Waals surface area contributed by atoms with Crippen LogP contribution in [0.4, 0.5) is 0 Å². The second-order valence-electron chi connectivity index (χ2n) is 5.43. The van der Waals surface area contributed by atoms with Crippen molar-refractivity contribution in [2.75, 3.05) is 13.1 Å². The Bertz CT molecular complexity index is 655. The van der Waals surface area contributed by atoms with Gasteiger partial charge in [0.1, 0.15) is 11.8 Å². The molecule has 0 aliphatic carbocycles. The molecule has 1 atom stereocenters. The fourth-order valence-electron chi connectivity index (χ4n) is 2.56. The summed E-state index contributed by atoms with van der Waals surface area (Å²) in [6, 6.07) is 7.62. The smallest absolute Gasteiger partial charge is 0.317 e. The van der Waals surface area contributed by atoms with Gasteiger partial charge in [0.2, 0.25) is 0 Å². The van der Waals surface area contributed by atoms with Crippen LogP contribution >= 0.6 is 0 Å². The lowest BCUT2D eigenvalue weighted by Gasteiger charge is -2.16. The van der Waals surface area contributed by atoms with Crippen LogP contribution < -0.4 is 4.74 Å². The zero-order chi connectivity index (χ0) is 15.5. The van der Waals surface area contributed by atoms with Crippen LogP contribution in [0.2, 0.25) is 0 Å². The number of aryl methyl sites for hydroxylation is 2. The van der Waals surface area contributed by atoms with E-state index in [1.54, 1.807) is 23.2 Å². The van der Waals surface area contributed by atoms with Crippen molar-refractivity contribution in [1.82, 2.24) is 19.9 Å². The van der Waals surface area contributed by atoms with Gasteiger partial charge < -0.3 is 9.64 Å². The van der Waals surface area contributed by atoms with Crippen molar-refractivity contribution in [3.63, 3.8) is 0 Å². The fourth-order valence-corrected chi connectivity index (χ4v) is 2.56. The topological polar surface area (TPSA) is 68.2 Å². The predicted octanol–water partition coefficient (Wildman–Crippen LogP) is 1.78. The third-order valence-corrected chi connectivity index (χ3v) is 3.55. The Morgan fingerprint density at radius 2 is 2.05 bits per heavy atom. The highest BCUT2D eigenvalue weighted by molar-refractivity contribution is 5.92. The van der Waals surface area contributed by atoms with Gasteiger partial charge in [-0.3, -0.25) is 9.78 Å². The van der Waals surface area contributed by atoms with Crippen LogP contribution in [0.15, 0.2) is 30.5 Å². The Morgan fingerprint density at radius 1 is 1.27 bits per heavy atom. The van der Waals surface area contributed by atoms with Gasteiger partial charge in [-0.1, -0.05) is 6.07 Å². The highest BCUT2D eigenvalue weighted by Crippen LogP contribution is 2.17. The second-order valence-corrected chi connectivity index (χ2v) is 5.43. The summed E-state index contributed by atoms with van der Waals surface area (Å²) in [7, 11) is 0. The fraction of sp³-hybridized carbons (Fsp3) is 0.375. The van der Waals surface area contributed by atoms with E-state index in [4.69, 9.17) is 4.74 Å². The Kier molecular flexibility index (Phi) is 4.00. The third kappa shape index (κ3) is 3.21. The Morgan fingerprint density at radius 3 is 2.73 bits per heavy atom. The monoisotopic (exact) mass is 298 g/mol. The van der Waals surface area contributed by atoms with E-state index in [1.807, 2.05) is 26.0 Å². The van der Waals surface area contributed by atoms with Crippen molar-refractivity contribution in [1.29, 1.82) is 0 Å². The highest BCUT2D eigenvalue weighted by Gasteiger charge is 2.29. The molecule has 0 radical (unpaired) electrons. The normalized spacial score (nSPS) is 17.5. The zero-order valence-electron chi connectivity index (χ0n) is 12.7. The summed E-state index contributed by atoms with van der Waals surface area (Å²) in [5, 5.41) is 0. The molecule has 6 nitrogen and oxygen atoms in total. The molecular weight excluding hydrogens is 280 g/mol. The second kappa shape index (κ2) is 6.09. The van der Waals surface area contributed by atoms with Crippen LogP contribution in [-0.4, -0.2) is 45.0 Å². The molecule has 0 spiro atoms. The van der Waals surface area contributed by atoms with Gasteiger partial charge in [-0.2, -0.15) is 0 Å². The molecule has 1 amide bonds. The number of amides is 1. The molecule has 3 heterocycles. The SMILES string of the molecule is Cc1cc(C)nc(OC2CCN(C(=O)c3ccccn3)C2)n1. The van der Waals surface area contributed by atoms with E-state index in [-0.39, 0.29) is 12.0 Å². The Balaban J connectivity index is 1.64. The molecule has 1 unspecified atom stereocenters. The first-order valence-corrected chi connectivity index (χ1v) is 7.31. The molecule has 1 aliphatic rings. The van der Waals surface area contributed by atoms with Crippen LogP contribution in [0.3, 0.4) is 0 Å². The third-order valence-electron chi connectivity index (χ3n) is 3.55. The minimum absolute atomic E-state index is 0.0620. The van der Waals surface area contributed by atoms with E-state index in [2.05, 4.69) is 15.0 Å². The number of carbonyl (C=O) groups excluding carboxylic acids is 1. The molecule has 0 saturated carbocycles. The Hall–Kier alpha value is -2.50. The molecule has 0 N–H and O–H groups in total. The summed E-state index contributed by atoms with van der Waals surface area (Å²) in [6.07, 6.45) is 2.32. The largest absolute Gasteiger partial charge is 0.458 e. The van der Waals surface area contributed by atoms with Crippen molar-refractivity contribution in [3.05, 3.63) is 47.5 Å². The van der Waals surface area contributed by atoms with E-state index in [9.17, 15) is 4.79 Å². The Labute approximate surface area is 129 Å². The average Bonchev–Trinajstić information content (AvgIpc) is 2.95. The number of nitrogens with zero attached hydrogens (tertiary/aromatic N) is 4. The summed E-state index contributed by atoms with van der Waals surface area (Å²) < 4.78 is 5.82. The lowest BCUT2D eigenvalue weighted by Crippen LogP contribution is -2.31. The van der Waals surface area contributed by atoms with Gasteiger partial charge in [-0.05, 0) is 32.0 Å². The number of likely N-dealkylation sites (tertiary alicyclic amines) is 1. The number of pyridine rings is 1. The first kappa shape index (κ1) is 14.4. The molecule has 2 aromatic heterocycles. The standard InChI is InChI=1S/C16H18N4O2/c1-11-9-12(2)19-16(18-11)22-13-6-8-20(10-13)15(21)14-5-3-4-7-17-14/h3-5,7,9,13H,6,8,10H2,1-2H3. The first-order valence-electron chi connectivity index (χ1n) is 7.31. The van der Waals surface area contributed by atoms with E-state index < -0.39 is 0 Å². The van der Waals surface area contributed by atoms with Gasteiger partial charge in [0.15, 0.2) is 0 Å². The number of ether oxygens (including phenoxy) is 1. The highest BCUT2D eigenvalue weighted by atomic mass is 16.5. The molecular formula is C16H18N4O2. The van der Waals surface area contributed by atoms with Crippen molar-refractivity contribution >= 4 is 5.91 Å². The van der Waals surface area contributed by atoms with Crippen molar-refractivity contribution in [2.45, 2.75) is 26.4 Å². The van der Waals surface area contributed by atoms with E-state index in [0.717, 1.165) is 17.8 Å². The van der Waals surface area contributed by atoms with Crippen LogP contribution in [0.25, 0.3) is 0 Å². The van der Waals surface area contributed by atoms with Crippen LogP contribution in [0.1, 0.15) is 28.3 Å². The molecule has 6 heteroatoms. The predicted molar refractivity (Wildman–Crippen MR) is 80.7 cm³/mol. The maximum atomic E-state index is 12.3. The molecule has 3 rings (SSSR count). The molecule has 2 aromatic rings. The maximum Gasteiger partial charge on any atom is 0.317 e. The van der Waals surface area contributed by atoms with Crippen LogP contribution in [0, 0.1) is 13.8 Å². The number of carbonyl (C=O) groups is 1. The van der Waals surface area contributed by atoms with Gasteiger partial charge in [-0.25, -0.2) is 9.97 Å². The van der Waals surface area contributed by atoms with Gasteiger partial charge in [0.25, 0.3) is 5.91 Å². The lowest BCUT2D eigenvalue weighted by molar-refractivity contribution is 0.0764. The summed E-state index contributed by atoms with van der Waals surface area (Å²) in [4.78, 5) is 26.7.